The van der Waals surface area contributed by atoms with Crippen molar-refractivity contribution in [2.75, 3.05) is 27.7 Å². The molecular weight excluding hydrogens is 318 g/mol. The van der Waals surface area contributed by atoms with Crippen LogP contribution in [0.1, 0.15) is 17.2 Å². The molecule has 0 unspecified atom stereocenters. The van der Waals surface area contributed by atoms with Crippen LogP contribution < -0.4 is 15.4 Å². The van der Waals surface area contributed by atoms with Crippen LogP contribution in [0.5, 0.6) is 5.75 Å². The number of rotatable bonds is 7. The minimum atomic E-state index is 0.229. The maximum Gasteiger partial charge on any atom is 0.166 e. The second kappa shape index (κ2) is 9.25. The zero-order valence-corrected chi connectivity index (χ0v) is 15.3. The molecule has 0 radical (unpaired) electrons. The lowest BCUT2D eigenvalue weighted by atomic mass is 10.1. The second-order valence-corrected chi connectivity index (χ2v) is 6.21. The van der Waals surface area contributed by atoms with E-state index in [0.29, 0.717) is 5.11 Å². The first-order valence-corrected chi connectivity index (χ1v) is 8.37. The van der Waals surface area contributed by atoms with Gasteiger partial charge in [-0.25, -0.2) is 0 Å². The Kier molecular flexibility index (Phi) is 7.03. The maximum absolute atomic E-state index is 5.39. The Balaban J connectivity index is 1.87. The summed E-state index contributed by atoms with van der Waals surface area (Å²) >= 11 is 5.39. The van der Waals surface area contributed by atoms with E-state index in [1.165, 1.54) is 11.1 Å². The van der Waals surface area contributed by atoms with Crippen LogP contribution in [0.15, 0.2) is 54.6 Å². The first-order valence-electron chi connectivity index (χ1n) is 7.96. The van der Waals surface area contributed by atoms with Crippen LogP contribution >= 0.6 is 12.2 Å². The fraction of sp³-hybridized carbons (Fsp3) is 0.316. The van der Waals surface area contributed by atoms with Crippen molar-refractivity contribution in [1.29, 1.82) is 0 Å². The molecule has 2 N–H and O–H groups in total. The van der Waals surface area contributed by atoms with Gasteiger partial charge in [-0.3, -0.25) is 0 Å². The van der Waals surface area contributed by atoms with Gasteiger partial charge in [-0.2, -0.15) is 0 Å². The van der Waals surface area contributed by atoms with E-state index in [1.807, 2.05) is 30.3 Å². The van der Waals surface area contributed by atoms with Crippen molar-refractivity contribution >= 4 is 17.3 Å². The highest BCUT2D eigenvalue weighted by Gasteiger charge is 2.14. The van der Waals surface area contributed by atoms with Crippen molar-refractivity contribution in [3.8, 4) is 5.75 Å². The monoisotopic (exact) mass is 343 g/mol. The molecule has 0 amide bonds. The number of methoxy groups -OCH3 is 1. The predicted octanol–water partition coefficient (Wildman–Crippen LogP) is 2.96. The van der Waals surface area contributed by atoms with E-state index in [0.717, 1.165) is 18.8 Å². The third-order valence-electron chi connectivity index (χ3n) is 3.88. The first kappa shape index (κ1) is 18.2. The highest BCUT2D eigenvalue weighted by Crippen LogP contribution is 2.20. The van der Waals surface area contributed by atoms with Gasteiger partial charge >= 0.3 is 0 Å². The van der Waals surface area contributed by atoms with Crippen LogP contribution in [0, 0.1) is 0 Å². The Morgan fingerprint density at radius 3 is 2.29 bits per heavy atom. The van der Waals surface area contributed by atoms with Crippen LogP contribution in [-0.2, 0) is 6.54 Å². The smallest absolute Gasteiger partial charge is 0.166 e. The maximum atomic E-state index is 5.39. The van der Waals surface area contributed by atoms with Gasteiger partial charge in [0, 0.05) is 13.1 Å². The molecule has 0 aliphatic rings. The molecule has 0 spiro atoms. The van der Waals surface area contributed by atoms with E-state index in [2.05, 4.69) is 53.9 Å². The van der Waals surface area contributed by atoms with Crippen molar-refractivity contribution in [2.24, 2.45) is 0 Å². The molecule has 0 aliphatic heterocycles. The van der Waals surface area contributed by atoms with Gasteiger partial charge in [0.2, 0.25) is 0 Å². The molecule has 0 aromatic heterocycles. The average Bonchev–Trinajstić information content (AvgIpc) is 2.61. The summed E-state index contributed by atoms with van der Waals surface area (Å²) in [5.41, 5.74) is 2.43. The topological polar surface area (TPSA) is 36.5 Å². The largest absolute Gasteiger partial charge is 0.497 e. The van der Waals surface area contributed by atoms with Gasteiger partial charge in [0.25, 0.3) is 0 Å². The molecular formula is C19H25N3OS. The molecule has 4 nitrogen and oxygen atoms in total. The van der Waals surface area contributed by atoms with Crippen LogP contribution in [-0.4, -0.2) is 37.8 Å². The van der Waals surface area contributed by atoms with Crippen LogP contribution in [0.3, 0.4) is 0 Å². The molecule has 128 valence electrons. The van der Waals surface area contributed by atoms with Gasteiger partial charge in [0.15, 0.2) is 5.11 Å². The SMILES string of the molecule is COc1ccc([C@@H](CNC(=S)NCc2ccccc2)N(C)C)cc1. The molecule has 0 bridgehead atoms. The molecule has 5 heteroatoms. The first-order chi connectivity index (χ1) is 11.6. The summed E-state index contributed by atoms with van der Waals surface area (Å²) in [7, 11) is 5.81. The number of likely N-dealkylation sites (N-methyl/N-ethyl adjacent to an activating group) is 1. The van der Waals surface area contributed by atoms with E-state index in [-0.39, 0.29) is 6.04 Å². The number of benzene rings is 2. The quantitative estimate of drug-likeness (QED) is 0.756. The van der Waals surface area contributed by atoms with Crippen LogP contribution in [0.2, 0.25) is 0 Å². The number of hydrogen-bond acceptors (Lipinski definition) is 3. The molecule has 0 saturated heterocycles. The van der Waals surface area contributed by atoms with Gasteiger partial charge in [-0.05, 0) is 49.6 Å². The van der Waals surface area contributed by atoms with E-state index in [4.69, 9.17) is 17.0 Å². The molecule has 1 atom stereocenters. The molecule has 2 aromatic rings. The predicted molar refractivity (Wildman–Crippen MR) is 103 cm³/mol. The molecule has 2 aromatic carbocycles. The Morgan fingerprint density at radius 2 is 1.71 bits per heavy atom. The van der Waals surface area contributed by atoms with E-state index >= 15 is 0 Å². The number of hydrogen-bond donors (Lipinski definition) is 2. The Labute approximate surface area is 149 Å². The third-order valence-corrected chi connectivity index (χ3v) is 4.16. The lowest BCUT2D eigenvalue weighted by Crippen LogP contribution is -2.40. The second-order valence-electron chi connectivity index (χ2n) is 5.80. The zero-order chi connectivity index (χ0) is 17.4. The fourth-order valence-electron chi connectivity index (χ4n) is 2.45. The Morgan fingerprint density at radius 1 is 1.04 bits per heavy atom. The lowest BCUT2D eigenvalue weighted by molar-refractivity contribution is 0.298. The summed E-state index contributed by atoms with van der Waals surface area (Å²) in [4.78, 5) is 2.18. The van der Waals surface area contributed by atoms with Gasteiger partial charge in [0.1, 0.15) is 5.75 Å². The van der Waals surface area contributed by atoms with Gasteiger partial charge in [0.05, 0.1) is 13.2 Å². The lowest BCUT2D eigenvalue weighted by Gasteiger charge is -2.26. The van der Waals surface area contributed by atoms with Crippen molar-refractivity contribution in [3.63, 3.8) is 0 Å². The minimum absolute atomic E-state index is 0.229. The Hall–Kier alpha value is -2.11. The van der Waals surface area contributed by atoms with E-state index in [1.54, 1.807) is 7.11 Å². The highest BCUT2D eigenvalue weighted by molar-refractivity contribution is 7.80. The molecule has 0 aliphatic carbocycles. The molecule has 2 rings (SSSR count). The summed E-state index contributed by atoms with van der Waals surface area (Å²) in [6.45, 7) is 1.46. The summed E-state index contributed by atoms with van der Waals surface area (Å²) < 4.78 is 5.22. The fourth-order valence-corrected chi connectivity index (χ4v) is 2.61. The number of nitrogens with one attached hydrogen (secondary N) is 2. The minimum Gasteiger partial charge on any atom is -0.497 e. The van der Waals surface area contributed by atoms with E-state index in [9.17, 15) is 0 Å². The number of ether oxygens (including phenoxy) is 1. The van der Waals surface area contributed by atoms with E-state index < -0.39 is 0 Å². The Bertz CT molecular complexity index is 629. The molecule has 0 heterocycles. The molecule has 0 saturated carbocycles. The van der Waals surface area contributed by atoms with Gasteiger partial charge < -0.3 is 20.3 Å². The van der Waals surface area contributed by atoms with Crippen molar-refractivity contribution in [2.45, 2.75) is 12.6 Å². The summed E-state index contributed by atoms with van der Waals surface area (Å²) in [6.07, 6.45) is 0. The van der Waals surface area contributed by atoms with Crippen LogP contribution in [0.4, 0.5) is 0 Å². The third kappa shape index (κ3) is 5.51. The molecule has 0 fully saturated rings. The summed E-state index contributed by atoms with van der Waals surface area (Å²) in [6, 6.07) is 18.6. The zero-order valence-electron chi connectivity index (χ0n) is 14.5. The van der Waals surface area contributed by atoms with Crippen molar-refractivity contribution in [3.05, 3.63) is 65.7 Å². The summed E-state index contributed by atoms with van der Waals surface area (Å²) in [5.74, 6) is 0.865. The van der Waals surface area contributed by atoms with Gasteiger partial charge in [-0.1, -0.05) is 42.5 Å². The number of nitrogens with zero attached hydrogens (tertiary/aromatic N) is 1. The summed E-state index contributed by atoms with van der Waals surface area (Å²) in [5, 5.41) is 7.22. The highest BCUT2D eigenvalue weighted by atomic mass is 32.1. The molecule has 24 heavy (non-hydrogen) atoms. The van der Waals surface area contributed by atoms with Crippen molar-refractivity contribution in [1.82, 2.24) is 15.5 Å². The van der Waals surface area contributed by atoms with Gasteiger partial charge in [-0.15, -0.1) is 0 Å². The van der Waals surface area contributed by atoms with Crippen molar-refractivity contribution < 1.29 is 4.74 Å². The van der Waals surface area contributed by atoms with Crippen LogP contribution in [0.25, 0.3) is 0 Å². The normalized spacial score (nSPS) is 11.8. The standard InChI is InChI=1S/C19H25N3OS/c1-22(2)18(16-9-11-17(23-3)12-10-16)14-21-19(24)20-13-15-7-5-4-6-8-15/h4-12,18H,13-14H2,1-3H3,(H2,20,21,24)/t18-/m1/s1. The average molecular weight is 343 g/mol. The number of thiocarbonyl (C=S) groups is 1.